The Hall–Kier alpha value is -0.0500. The monoisotopic (exact) mass is 232 g/mol. The number of phosphoric ester groups is 1. The molecule has 86 valence electrons. The van der Waals surface area contributed by atoms with Gasteiger partial charge in [0.25, 0.3) is 0 Å². The van der Waals surface area contributed by atoms with E-state index in [2.05, 4.69) is 4.52 Å². The molecule has 0 heterocycles. The van der Waals surface area contributed by atoms with Gasteiger partial charge in [-0.1, -0.05) is 0 Å². The first-order valence-electron chi connectivity index (χ1n) is 3.61. The highest BCUT2D eigenvalue weighted by Gasteiger charge is 2.33. The summed E-state index contributed by atoms with van der Waals surface area (Å²) >= 11 is 0. The average molecular weight is 232 g/mol. The van der Waals surface area contributed by atoms with Crippen LogP contribution in [-0.4, -0.2) is 54.8 Å². The molecule has 0 saturated heterocycles. The van der Waals surface area contributed by atoms with E-state index < -0.39 is 32.4 Å². The van der Waals surface area contributed by atoms with E-state index in [-0.39, 0.29) is 0 Å². The van der Waals surface area contributed by atoms with Crippen LogP contribution in [0.4, 0.5) is 0 Å². The van der Waals surface area contributed by atoms with Crippen LogP contribution in [0.15, 0.2) is 0 Å². The Morgan fingerprint density at radius 3 is 1.79 bits per heavy atom. The fourth-order valence-corrected chi connectivity index (χ4v) is 1.06. The molecule has 0 aromatic carbocycles. The third kappa shape index (κ3) is 4.99. The van der Waals surface area contributed by atoms with Crippen molar-refractivity contribution in [2.75, 3.05) is 0 Å². The number of phosphoric acid groups is 1. The number of hydrogen-bond acceptors (Lipinski definition) is 6. The van der Waals surface area contributed by atoms with Crippen LogP contribution >= 0.6 is 7.82 Å². The molecule has 1 unspecified atom stereocenters. The molecule has 0 radical (unpaired) electrons. The number of hydrogen-bond donors (Lipinski definition) is 6. The summed E-state index contributed by atoms with van der Waals surface area (Å²) < 4.78 is 13.9. The third-order valence-corrected chi connectivity index (χ3v) is 1.87. The molecule has 0 saturated carbocycles. The summed E-state index contributed by atoms with van der Waals surface area (Å²) in [6, 6.07) is 0. The smallest absolute Gasteiger partial charge is 0.391 e. The molecule has 0 aromatic heterocycles. The van der Waals surface area contributed by atoms with E-state index in [4.69, 9.17) is 30.2 Å². The van der Waals surface area contributed by atoms with Crippen molar-refractivity contribution in [3.8, 4) is 0 Å². The van der Waals surface area contributed by atoms with Gasteiger partial charge in [0.1, 0.15) is 12.2 Å². The van der Waals surface area contributed by atoms with Crippen LogP contribution in [0.3, 0.4) is 0 Å². The van der Waals surface area contributed by atoms with E-state index in [1.807, 2.05) is 0 Å². The Kier molecular flexibility index (Phi) is 5.13. The number of rotatable bonds is 5. The topological polar surface area (TPSA) is 148 Å². The minimum absolute atomic E-state index is 1.12. The molecule has 0 rings (SSSR count). The Morgan fingerprint density at radius 2 is 1.50 bits per heavy atom. The van der Waals surface area contributed by atoms with E-state index in [1.54, 1.807) is 0 Å². The Bertz CT molecular complexity index is 212. The summed E-state index contributed by atoms with van der Waals surface area (Å²) in [4.78, 5) is 16.5. The summed E-state index contributed by atoms with van der Waals surface area (Å²) in [5, 5.41) is 35.6. The van der Waals surface area contributed by atoms with Crippen molar-refractivity contribution in [1.29, 1.82) is 0 Å². The van der Waals surface area contributed by atoms with Crippen molar-refractivity contribution >= 4 is 7.82 Å². The summed E-state index contributed by atoms with van der Waals surface area (Å²) in [7, 11) is -4.95. The molecular formula is C5H13O8P. The lowest BCUT2D eigenvalue weighted by molar-refractivity contribution is -0.168. The minimum Gasteiger partial charge on any atom is -0.391 e. The summed E-state index contributed by atoms with van der Waals surface area (Å²) in [5.41, 5.74) is 0. The van der Waals surface area contributed by atoms with Crippen molar-refractivity contribution in [1.82, 2.24) is 0 Å². The predicted octanol–water partition coefficient (Wildman–Crippen LogP) is -2.48. The van der Waals surface area contributed by atoms with Gasteiger partial charge in [0.05, 0.1) is 6.10 Å². The molecular weight excluding hydrogens is 219 g/mol. The largest absolute Gasteiger partial charge is 0.472 e. The first-order valence-corrected chi connectivity index (χ1v) is 5.14. The molecule has 9 heteroatoms. The standard InChI is InChI=1S/C5H13O8P/c1-2(6)3(7)4(8)5(9)13-14(10,11)12/h2-9H,1H3,(H2,10,11,12)/t2-,3+,4+,5?/m0/s1. The SMILES string of the molecule is C[C@H](O)[C@@H](O)[C@@H](O)C(O)OP(=O)(O)O. The van der Waals surface area contributed by atoms with Crippen molar-refractivity contribution in [3.05, 3.63) is 0 Å². The molecule has 0 aromatic rings. The average Bonchev–Trinajstić information content (AvgIpc) is 1.98. The summed E-state index contributed by atoms with van der Waals surface area (Å²) in [5.74, 6) is 0. The maximum absolute atomic E-state index is 10.2. The van der Waals surface area contributed by atoms with E-state index in [9.17, 15) is 4.57 Å². The van der Waals surface area contributed by atoms with Crippen LogP contribution in [-0.2, 0) is 9.09 Å². The zero-order valence-electron chi connectivity index (χ0n) is 7.26. The van der Waals surface area contributed by atoms with E-state index in [0.29, 0.717) is 0 Å². The van der Waals surface area contributed by atoms with Gasteiger partial charge in [-0.2, -0.15) is 0 Å². The minimum atomic E-state index is -4.95. The van der Waals surface area contributed by atoms with E-state index in [0.717, 1.165) is 6.92 Å². The van der Waals surface area contributed by atoms with Crippen LogP contribution in [0.2, 0.25) is 0 Å². The van der Waals surface area contributed by atoms with Crippen molar-refractivity contribution in [2.24, 2.45) is 0 Å². The van der Waals surface area contributed by atoms with Crippen molar-refractivity contribution in [2.45, 2.75) is 31.5 Å². The van der Waals surface area contributed by atoms with Gasteiger partial charge in [0, 0.05) is 0 Å². The molecule has 14 heavy (non-hydrogen) atoms. The molecule has 0 aliphatic heterocycles. The van der Waals surface area contributed by atoms with Crippen molar-refractivity contribution in [3.63, 3.8) is 0 Å². The maximum atomic E-state index is 10.2. The molecule has 0 fully saturated rings. The quantitative estimate of drug-likeness (QED) is 0.225. The van der Waals surface area contributed by atoms with Gasteiger partial charge in [0.15, 0.2) is 6.29 Å². The lowest BCUT2D eigenvalue weighted by Gasteiger charge is -2.24. The summed E-state index contributed by atoms with van der Waals surface area (Å²) in [6.45, 7) is 1.12. The zero-order chi connectivity index (χ0) is 11.5. The first-order chi connectivity index (χ1) is 6.15. The maximum Gasteiger partial charge on any atom is 0.472 e. The highest BCUT2D eigenvalue weighted by atomic mass is 31.2. The highest BCUT2D eigenvalue weighted by molar-refractivity contribution is 7.46. The molecule has 8 nitrogen and oxygen atoms in total. The van der Waals surface area contributed by atoms with Gasteiger partial charge in [0.2, 0.25) is 0 Å². The third-order valence-electron chi connectivity index (χ3n) is 1.38. The molecule has 6 N–H and O–H groups in total. The van der Waals surface area contributed by atoms with Crippen molar-refractivity contribution < 1.29 is 39.3 Å². The number of aliphatic hydroxyl groups is 4. The fraction of sp³-hybridized carbons (Fsp3) is 1.00. The number of aliphatic hydroxyl groups excluding tert-OH is 4. The first kappa shape index (κ1) is 13.9. The van der Waals surface area contributed by atoms with Gasteiger partial charge < -0.3 is 30.2 Å². The van der Waals surface area contributed by atoms with Crippen LogP contribution < -0.4 is 0 Å². The Labute approximate surface area is 79.6 Å². The Balaban J connectivity index is 4.25. The van der Waals surface area contributed by atoms with Crippen LogP contribution in [0.5, 0.6) is 0 Å². The highest BCUT2D eigenvalue weighted by Crippen LogP contribution is 2.37. The zero-order valence-corrected chi connectivity index (χ0v) is 8.15. The van der Waals surface area contributed by atoms with Crippen LogP contribution in [0, 0.1) is 0 Å². The fourth-order valence-electron chi connectivity index (χ4n) is 0.657. The second-order valence-electron chi connectivity index (χ2n) is 2.71. The predicted molar refractivity (Wildman–Crippen MR) is 42.8 cm³/mol. The van der Waals surface area contributed by atoms with E-state index in [1.165, 1.54) is 0 Å². The van der Waals surface area contributed by atoms with Gasteiger partial charge in [-0.05, 0) is 6.92 Å². The molecule has 0 bridgehead atoms. The molecule has 0 aliphatic rings. The van der Waals surface area contributed by atoms with Gasteiger partial charge in [-0.15, -0.1) is 0 Å². The molecule has 0 spiro atoms. The van der Waals surface area contributed by atoms with Gasteiger partial charge in [-0.3, -0.25) is 4.52 Å². The van der Waals surface area contributed by atoms with E-state index >= 15 is 0 Å². The van der Waals surface area contributed by atoms with Gasteiger partial charge in [-0.25, -0.2) is 4.57 Å². The van der Waals surface area contributed by atoms with Gasteiger partial charge >= 0.3 is 7.82 Å². The molecule has 0 amide bonds. The Morgan fingerprint density at radius 1 is 1.07 bits per heavy atom. The second kappa shape index (κ2) is 5.15. The normalized spacial score (nSPS) is 21.4. The lowest BCUT2D eigenvalue weighted by atomic mass is 10.1. The lowest BCUT2D eigenvalue weighted by Crippen LogP contribution is -2.44. The van der Waals surface area contributed by atoms with Crippen LogP contribution in [0.25, 0.3) is 0 Å². The van der Waals surface area contributed by atoms with Crippen LogP contribution in [0.1, 0.15) is 6.92 Å². The summed E-state index contributed by atoms with van der Waals surface area (Å²) in [6.07, 6.45) is -7.43. The molecule has 4 atom stereocenters. The molecule has 0 aliphatic carbocycles. The second-order valence-corrected chi connectivity index (χ2v) is 3.90.